The standard InChI is InChI=1S/C16H27N3O3S2/c1-12(2)10-15(20)18-7-6-14-4-5-16(23-14)24(21,22)19-9-8-17-13(3)11-19/h4-5,12-13,17H,6-11H2,1-3H3,(H,18,20). The molecule has 0 aromatic carbocycles. The molecule has 1 aromatic rings. The van der Waals surface area contributed by atoms with Crippen LogP contribution in [0.5, 0.6) is 0 Å². The van der Waals surface area contributed by atoms with Gasteiger partial charge in [0.05, 0.1) is 0 Å². The van der Waals surface area contributed by atoms with E-state index >= 15 is 0 Å². The third-order valence-electron chi connectivity index (χ3n) is 3.85. The van der Waals surface area contributed by atoms with Gasteiger partial charge in [0.25, 0.3) is 10.0 Å². The molecule has 1 atom stereocenters. The van der Waals surface area contributed by atoms with Crippen molar-refractivity contribution in [3.63, 3.8) is 0 Å². The van der Waals surface area contributed by atoms with E-state index in [-0.39, 0.29) is 11.9 Å². The molecular formula is C16H27N3O3S2. The van der Waals surface area contributed by atoms with Crippen LogP contribution < -0.4 is 10.6 Å². The molecule has 0 radical (unpaired) electrons. The lowest BCUT2D eigenvalue weighted by Gasteiger charge is -2.30. The largest absolute Gasteiger partial charge is 0.356 e. The van der Waals surface area contributed by atoms with E-state index in [2.05, 4.69) is 10.6 Å². The number of thiophene rings is 1. The molecule has 1 unspecified atom stereocenters. The molecule has 6 nitrogen and oxygen atoms in total. The van der Waals surface area contributed by atoms with Crippen molar-refractivity contribution in [2.75, 3.05) is 26.2 Å². The van der Waals surface area contributed by atoms with Gasteiger partial charge in [-0.15, -0.1) is 11.3 Å². The molecule has 0 saturated carbocycles. The molecule has 0 bridgehead atoms. The molecule has 1 fully saturated rings. The molecule has 1 amide bonds. The number of piperazine rings is 1. The molecule has 2 rings (SSSR count). The monoisotopic (exact) mass is 373 g/mol. The molecule has 0 spiro atoms. The summed E-state index contributed by atoms with van der Waals surface area (Å²) in [5.41, 5.74) is 0. The van der Waals surface area contributed by atoms with Crippen molar-refractivity contribution in [1.29, 1.82) is 0 Å². The van der Waals surface area contributed by atoms with Gasteiger partial charge in [-0.2, -0.15) is 4.31 Å². The van der Waals surface area contributed by atoms with Crippen LogP contribution in [0.3, 0.4) is 0 Å². The zero-order chi connectivity index (χ0) is 17.7. The summed E-state index contributed by atoms with van der Waals surface area (Å²) in [7, 11) is -3.41. The summed E-state index contributed by atoms with van der Waals surface area (Å²) in [6.45, 7) is 8.23. The van der Waals surface area contributed by atoms with Gasteiger partial charge in [-0.1, -0.05) is 13.8 Å². The lowest BCUT2D eigenvalue weighted by molar-refractivity contribution is -0.121. The maximum absolute atomic E-state index is 12.7. The number of nitrogens with zero attached hydrogens (tertiary/aromatic N) is 1. The van der Waals surface area contributed by atoms with Crippen LogP contribution in [0.1, 0.15) is 32.1 Å². The molecule has 8 heteroatoms. The molecule has 136 valence electrons. The van der Waals surface area contributed by atoms with Crippen molar-refractivity contribution >= 4 is 27.3 Å². The lowest BCUT2D eigenvalue weighted by Crippen LogP contribution is -2.51. The van der Waals surface area contributed by atoms with Gasteiger partial charge >= 0.3 is 0 Å². The van der Waals surface area contributed by atoms with Crippen LogP contribution in [0.15, 0.2) is 16.3 Å². The minimum atomic E-state index is -3.41. The minimum Gasteiger partial charge on any atom is -0.356 e. The number of nitrogens with one attached hydrogen (secondary N) is 2. The predicted octanol–water partition coefficient (Wildman–Crippen LogP) is 1.44. The Hall–Kier alpha value is -0.960. The van der Waals surface area contributed by atoms with E-state index in [0.29, 0.717) is 49.1 Å². The van der Waals surface area contributed by atoms with Gasteiger partial charge in [-0.25, -0.2) is 8.42 Å². The second-order valence-electron chi connectivity index (χ2n) is 6.64. The fourth-order valence-corrected chi connectivity index (χ4v) is 5.68. The molecule has 1 aliphatic rings. The average Bonchev–Trinajstić information content (AvgIpc) is 2.96. The Morgan fingerprint density at radius 3 is 2.88 bits per heavy atom. The number of amides is 1. The number of carbonyl (C=O) groups is 1. The highest BCUT2D eigenvalue weighted by Gasteiger charge is 2.29. The number of hydrogen-bond acceptors (Lipinski definition) is 5. The smallest absolute Gasteiger partial charge is 0.252 e. The van der Waals surface area contributed by atoms with E-state index in [0.717, 1.165) is 4.88 Å². The highest BCUT2D eigenvalue weighted by molar-refractivity contribution is 7.91. The third-order valence-corrected chi connectivity index (χ3v) is 7.33. The van der Waals surface area contributed by atoms with Crippen molar-refractivity contribution in [1.82, 2.24) is 14.9 Å². The van der Waals surface area contributed by atoms with Gasteiger partial charge in [0.2, 0.25) is 5.91 Å². The number of hydrogen-bond donors (Lipinski definition) is 2. The maximum Gasteiger partial charge on any atom is 0.252 e. The van der Waals surface area contributed by atoms with Crippen LogP contribution in [0.2, 0.25) is 0 Å². The second kappa shape index (κ2) is 8.42. The lowest BCUT2D eigenvalue weighted by atomic mass is 10.1. The Morgan fingerprint density at radius 1 is 1.46 bits per heavy atom. The molecule has 1 aromatic heterocycles. The zero-order valence-electron chi connectivity index (χ0n) is 14.5. The molecule has 2 N–H and O–H groups in total. The summed E-state index contributed by atoms with van der Waals surface area (Å²) < 4.78 is 27.3. The first-order valence-corrected chi connectivity index (χ1v) is 10.6. The van der Waals surface area contributed by atoms with Crippen molar-refractivity contribution in [3.05, 3.63) is 17.0 Å². The number of carbonyl (C=O) groups excluding carboxylic acids is 1. The Balaban J connectivity index is 1.91. The number of sulfonamides is 1. The Labute approximate surface area is 148 Å². The fourth-order valence-electron chi connectivity index (χ4n) is 2.64. The summed E-state index contributed by atoms with van der Waals surface area (Å²) in [5, 5.41) is 6.13. The Morgan fingerprint density at radius 2 is 2.21 bits per heavy atom. The van der Waals surface area contributed by atoms with Gasteiger partial charge < -0.3 is 10.6 Å². The number of rotatable bonds is 7. The maximum atomic E-state index is 12.7. The highest BCUT2D eigenvalue weighted by atomic mass is 32.2. The normalized spacial score (nSPS) is 19.6. The third kappa shape index (κ3) is 5.27. The summed E-state index contributed by atoms with van der Waals surface area (Å²) in [4.78, 5) is 12.6. The van der Waals surface area contributed by atoms with E-state index in [9.17, 15) is 13.2 Å². The van der Waals surface area contributed by atoms with Crippen LogP contribution in [0.25, 0.3) is 0 Å². The van der Waals surface area contributed by atoms with Crippen LogP contribution >= 0.6 is 11.3 Å². The molecule has 24 heavy (non-hydrogen) atoms. The summed E-state index contributed by atoms with van der Waals surface area (Å²) in [6.07, 6.45) is 1.17. The van der Waals surface area contributed by atoms with Crippen molar-refractivity contribution in [2.45, 2.75) is 43.9 Å². The summed E-state index contributed by atoms with van der Waals surface area (Å²) in [6, 6.07) is 3.69. The average molecular weight is 374 g/mol. The Bertz CT molecular complexity index is 655. The topological polar surface area (TPSA) is 78.5 Å². The summed E-state index contributed by atoms with van der Waals surface area (Å²) >= 11 is 1.30. The Kier molecular flexibility index (Phi) is 6.79. The molecule has 2 heterocycles. The molecule has 0 aliphatic carbocycles. The van der Waals surface area contributed by atoms with E-state index < -0.39 is 10.0 Å². The van der Waals surface area contributed by atoms with Gasteiger partial charge in [0.1, 0.15) is 4.21 Å². The van der Waals surface area contributed by atoms with E-state index in [1.165, 1.54) is 11.3 Å². The van der Waals surface area contributed by atoms with Gasteiger partial charge in [-0.05, 0) is 31.4 Å². The van der Waals surface area contributed by atoms with Crippen LogP contribution in [0.4, 0.5) is 0 Å². The van der Waals surface area contributed by atoms with Gasteiger partial charge in [0.15, 0.2) is 0 Å². The quantitative estimate of drug-likeness (QED) is 0.758. The second-order valence-corrected chi connectivity index (χ2v) is 9.97. The van der Waals surface area contributed by atoms with Crippen molar-refractivity contribution in [2.24, 2.45) is 5.92 Å². The first-order valence-electron chi connectivity index (χ1n) is 8.38. The van der Waals surface area contributed by atoms with Crippen LogP contribution in [0, 0.1) is 5.92 Å². The highest BCUT2D eigenvalue weighted by Crippen LogP contribution is 2.25. The molecule has 1 aliphatic heterocycles. The zero-order valence-corrected chi connectivity index (χ0v) is 16.2. The van der Waals surface area contributed by atoms with Crippen molar-refractivity contribution in [3.8, 4) is 0 Å². The van der Waals surface area contributed by atoms with Crippen LogP contribution in [-0.4, -0.2) is 50.9 Å². The fraction of sp³-hybridized carbons (Fsp3) is 0.688. The van der Waals surface area contributed by atoms with E-state index in [4.69, 9.17) is 0 Å². The minimum absolute atomic E-state index is 0.0456. The first kappa shape index (κ1) is 19.4. The van der Waals surface area contributed by atoms with Crippen LogP contribution in [-0.2, 0) is 21.2 Å². The van der Waals surface area contributed by atoms with Crippen molar-refractivity contribution < 1.29 is 13.2 Å². The van der Waals surface area contributed by atoms with Gasteiger partial charge in [-0.3, -0.25) is 4.79 Å². The molecule has 1 saturated heterocycles. The SMILES string of the molecule is CC(C)CC(=O)NCCc1ccc(S(=O)(=O)N2CCNC(C)C2)s1. The van der Waals surface area contributed by atoms with E-state index in [1.807, 2.05) is 26.8 Å². The molecular weight excluding hydrogens is 346 g/mol. The van der Waals surface area contributed by atoms with E-state index in [1.54, 1.807) is 10.4 Å². The first-order chi connectivity index (χ1) is 11.3. The predicted molar refractivity (Wildman–Crippen MR) is 96.7 cm³/mol. The van der Waals surface area contributed by atoms with Gasteiger partial charge in [0, 0.05) is 43.5 Å². The summed E-state index contributed by atoms with van der Waals surface area (Å²) in [5.74, 6) is 0.383.